The number of fused-ring (bicyclic) bond motifs is 1. The highest BCUT2D eigenvalue weighted by atomic mass is 16.2. The van der Waals surface area contributed by atoms with Crippen molar-refractivity contribution >= 4 is 17.7 Å². The molecular weight excluding hydrogens is 388 g/mol. The zero-order chi connectivity index (χ0) is 21.9. The van der Waals surface area contributed by atoms with E-state index in [1.54, 1.807) is 0 Å². The summed E-state index contributed by atoms with van der Waals surface area (Å²) in [4.78, 5) is 41.3. The number of rotatable bonds is 6. The fourth-order valence-corrected chi connectivity index (χ4v) is 8.08. The maximum atomic E-state index is 13.6. The van der Waals surface area contributed by atoms with Gasteiger partial charge < -0.3 is 5.32 Å². The fourth-order valence-electron chi connectivity index (χ4n) is 8.08. The van der Waals surface area contributed by atoms with Crippen molar-refractivity contribution in [2.24, 2.45) is 40.9 Å². The predicted octanol–water partition coefficient (Wildman–Crippen LogP) is 4.07. The van der Waals surface area contributed by atoms with Gasteiger partial charge in [-0.25, -0.2) is 0 Å². The van der Waals surface area contributed by atoms with Gasteiger partial charge in [0.1, 0.15) is 6.04 Å². The fraction of sp³-hybridized carbons (Fsp3) is 0.808. The molecule has 5 aliphatic carbocycles. The summed E-state index contributed by atoms with van der Waals surface area (Å²) < 4.78 is 0. The second kappa shape index (κ2) is 7.74. The minimum atomic E-state index is -0.679. The second-order valence-electron chi connectivity index (χ2n) is 11.9. The van der Waals surface area contributed by atoms with E-state index in [0.717, 1.165) is 17.8 Å². The van der Waals surface area contributed by atoms with E-state index in [2.05, 4.69) is 26.1 Å². The third kappa shape index (κ3) is 3.56. The van der Waals surface area contributed by atoms with E-state index in [0.29, 0.717) is 19.3 Å². The molecule has 0 aromatic carbocycles. The highest BCUT2D eigenvalue weighted by molar-refractivity contribution is 6.08. The third-order valence-corrected chi connectivity index (χ3v) is 9.21. The lowest BCUT2D eigenvalue weighted by atomic mass is 9.48. The second-order valence-corrected chi connectivity index (χ2v) is 11.9. The quantitative estimate of drug-likeness (QED) is 0.514. The Morgan fingerprint density at radius 1 is 0.968 bits per heavy atom. The van der Waals surface area contributed by atoms with Crippen molar-refractivity contribution in [2.45, 2.75) is 90.6 Å². The van der Waals surface area contributed by atoms with E-state index in [1.807, 2.05) is 12.2 Å². The third-order valence-electron chi connectivity index (χ3n) is 9.21. The number of allylic oxidation sites excluding steroid dienone is 2. The first-order valence-electron chi connectivity index (χ1n) is 12.6. The van der Waals surface area contributed by atoms with Crippen LogP contribution in [0.4, 0.5) is 0 Å². The average Bonchev–Trinajstić information content (AvgIpc) is 2.95. The number of likely N-dealkylation sites (tertiary alicyclic amines) is 1. The number of nitrogens with one attached hydrogen (secondary N) is 1. The summed E-state index contributed by atoms with van der Waals surface area (Å²) in [6, 6.07) is -0.582. The summed E-state index contributed by atoms with van der Waals surface area (Å²) in [6.07, 6.45) is 13.6. The van der Waals surface area contributed by atoms with Gasteiger partial charge in [0.25, 0.3) is 0 Å². The Morgan fingerprint density at radius 3 is 1.90 bits per heavy atom. The lowest BCUT2D eigenvalue weighted by molar-refractivity contribution is -0.149. The van der Waals surface area contributed by atoms with Crippen molar-refractivity contribution in [3.63, 3.8) is 0 Å². The highest BCUT2D eigenvalue weighted by Gasteiger charge is 2.55. The molecule has 5 fully saturated rings. The topological polar surface area (TPSA) is 66.5 Å². The van der Waals surface area contributed by atoms with Crippen molar-refractivity contribution in [2.75, 3.05) is 0 Å². The minimum absolute atomic E-state index is 0.0970. The summed E-state index contributed by atoms with van der Waals surface area (Å²) in [6.45, 7) is 6.29. The van der Waals surface area contributed by atoms with Gasteiger partial charge in [-0.3, -0.25) is 19.3 Å². The summed E-state index contributed by atoms with van der Waals surface area (Å²) in [5.74, 6) is 1.77. The molecule has 1 heterocycles. The molecular formula is C26H38N2O3. The minimum Gasteiger partial charge on any atom is -0.351 e. The molecule has 4 unspecified atom stereocenters. The molecule has 6 aliphatic rings. The molecule has 1 saturated heterocycles. The normalized spacial score (nSPS) is 40.4. The lowest BCUT2D eigenvalue weighted by Crippen LogP contribution is -2.59. The summed E-state index contributed by atoms with van der Waals surface area (Å²) in [5, 5.41) is 3.34. The van der Waals surface area contributed by atoms with Gasteiger partial charge in [0.2, 0.25) is 17.7 Å². The van der Waals surface area contributed by atoms with Gasteiger partial charge in [-0.1, -0.05) is 26.0 Å². The van der Waals surface area contributed by atoms with Gasteiger partial charge in [0.05, 0.1) is 11.8 Å². The Hall–Kier alpha value is -1.65. The summed E-state index contributed by atoms with van der Waals surface area (Å²) >= 11 is 0. The van der Waals surface area contributed by atoms with E-state index in [9.17, 15) is 14.4 Å². The maximum Gasteiger partial charge on any atom is 0.243 e. The van der Waals surface area contributed by atoms with Crippen molar-refractivity contribution in [3.8, 4) is 0 Å². The van der Waals surface area contributed by atoms with Gasteiger partial charge in [0.15, 0.2) is 0 Å². The van der Waals surface area contributed by atoms with Crippen LogP contribution < -0.4 is 5.32 Å². The molecule has 0 aromatic rings. The Morgan fingerprint density at radius 2 is 1.45 bits per heavy atom. The van der Waals surface area contributed by atoms with Crippen LogP contribution in [0, 0.1) is 40.9 Å². The van der Waals surface area contributed by atoms with Crippen LogP contribution in [-0.4, -0.2) is 34.7 Å². The molecule has 4 saturated carbocycles. The van der Waals surface area contributed by atoms with E-state index < -0.39 is 6.04 Å². The number of nitrogens with zero attached hydrogens (tertiary/aromatic N) is 1. The van der Waals surface area contributed by atoms with Crippen LogP contribution >= 0.6 is 0 Å². The van der Waals surface area contributed by atoms with E-state index in [-0.39, 0.29) is 46.9 Å². The first-order valence-corrected chi connectivity index (χ1v) is 12.6. The van der Waals surface area contributed by atoms with Crippen LogP contribution in [0.15, 0.2) is 12.2 Å². The number of hydrogen-bond donors (Lipinski definition) is 1. The molecule has 1 N–H and O–H groups in total. The molecule has 4 bridgehead atoms. The van der Waals surface area contributed by atoms with E-state index >= 15 is 0 Å². The molecule has 31 heavy (non-hydrogen) atoms. The zero-order valence-electron chi connectivity index (χ0n) is 19.3. The van der Waals surface area contributed by atoms with Crippen LogP contribution in [-0.2, 0) is 14.4 Å². The van der Waals surface area contributed by atoms with Crippen molar-refractivity contribution < 1.29 is 14.4 Å². The molecule has 5 nitrogen and oxygen atoms in total. The summed E-state index contributed by atoms with van der Waals surface area (Å²) in [7, 11) is 0. The molecule has 0 radical (unpaired) electrons. The lowest BCUT2D eigenvalue weighted by Gasteiger charge is -2.59. The molecule has 5 heteroatoms. The molecule has 0 aromatic heterocycles. The summed E-state index contributed by atoms with van der Waals surface area (Å²) in [5.41, 5.74) is 0.212. The Labute approximate surface area is 186 Å². The predicted molar refractivity (Wildman–Crippen MR) is 119 cm³/mol. The van der Waals surface area contributed by atoms with Crippen LogP contribution in [0.1, 0.15) is 78.6 Å². The number of amides is 3. The van der Waals surface area contributed by atoms with Gasteiger partial charge in [-0.05, 0) is 93.8 Å². The van der Waals surface area contributed by atoms with Crippen molar-refractivity contribution in [3.05, 3.63) is 12.2 Å². The Bertz CT molecular complexity index is 739. The van der Waals surface area contributed by atoms with Gasteiger partial charge in [0, 0.05) is 6.04 Å². The number of carbonyl (C=O) groups is 3. The van der Waals surface area contributed by atoms with Crippen LogP contribution in [0.2, 0.25) is 0 Å². The first-order chi connectivity index (χ1) is 14.8. The zero-order valence-corrected chi connectivity index (χ0v) is 19.3. The van der Waals surface area contributed by atoms with Gasteiger partial charge in [-0.15, -0.1) is 0 Å². The Balaban J connectivity index is 1.34. The first kappa shape index (κ1) is 21.2. The Kier molecular flexibility index (Phi) is 5.29. The molecule has 3 amide bonds. The number of hydrogen-bond acceptors (Lipinski definition) is 3. The van der Waals surface area contributed by atoms with Crippen LogP contribution in [0.25, 0.3) is 0 Å². The molecule has 0 spiro atoms. The number of carbonyl (C=O) groups excluding carboxylic acids is 3. The van der Waals surface area contributed by atoms with Crippen molar-refractivity contribution in [1.82, 2.24) is 10.2 Å². The smallest absolute Gasteiger partial charge is 0.243 e. The van der Waals surface area contributed by atoms with Gasteiger partial charge in [-0.2, -0.15) is 0 Å². The van der Waals surface area contributed by atoms with E-state index in [1.165, 1.54) is 43.4 Å². The number of imide groups is 1. The average molecular weight is 427 g/mol. The van der Waals surface area contributed by atoms with Crippen LogP contribution in [0.5, 0.6) is 0 Å². The SMILES string of the molecule is CC(C)CC(C(=O)NC(C)C12CC3CC(CC(C3)C1)C2)N1C(=O)C2CC=CCC2C1=O. The van der Waals surface area contributed by atoms with Crippen molar-refractivity contribution in [1.29, 1.82) is 0 Å². The largest absolute Gasteiger partial charge is 0.351 e. The maximum absolute atomic E-state index is 13.6. The molecule has 170 valence electrons. The van der Waals surface area contributed by atoms with Crippen LogP contribution in [0.3, 0.4) is 0 Å². The monoisotopic (exact) mass is 426 g/mol. The molecule has 1 aliphatic heterocycles. The van der Waals surface area contributed by atoms with E-state index in [4.69, 9.17) is 0 Å². The molecule has 4 atom stereocenters. The molecule has 6 rings (SSSR count). The standard InChI is InChI=1S/C26H38N2O3/c1-15(2)8-22(28-24(30)20-6-4-5-7-21(20)25(28)31)23(29)27-16(3)26-12-17-9-18(13-26)11-19(10-17)14-26/h4-5,15-22H,6-14H2,1-3H3,(H,27,29). The highest BCUT2D eigenvalue weighted by Crippen LogP contribution is 2.61. The van der Waals surface area contributed by atoms with Gasteiger partial charge >= 0.3 is 0 Å².